The number of carbonyl (C=O) groups is 1. The van der Waals surface area contributed by atoms with E-state index < -0.39 is 0 Å². The molecule has 0 spiro atoms. The van der Waals surface area contributed by atoms with Crippen molar-refractivity contribution in [2.45, 2.75) is 32.1 Å². The van der Waals surface area contributed by atoms with Crippen molar-refractivity contribution in [3.05, 3.63) is 77.6 Å². The fraction of sp³-hybridized carbons (Fsp3) is 0.304. The number of aromatic amines is 1. The van der Waals surface area contributed by atoms with Crippen molar-refractivity contribution in [1.82, 2.24) is 15.1 Å². The molecule has 2 heterocycles. The molecule has 138 valence electrons. The maximum Gasteiger partial charge on any atom is 0.253 e. The summed E-state index contributed by atoms with van der Waals surface area (Å²) in [6, 6.07) is 16.6. The molecule has 1 atom stereocenters. The van der Waals surface area contributed by atoms with E-state index in [1.165, 1.54) is 11.1 Å². The molecule has 0 saturated carbocycles. The molecule has 1 amide bonds. The zero-order chi connectivity index (χ0) is 18.6. The lowest BCUT2D eigenvalue weighted by Gasteiger charge is -2.33. The van der Waals surface area contributed by atoms with Gasteiger partial charge in [0.05, 0.1) is 6.20 Å². The summed E-state index contributed by atoms with van der Waals surface area (Å²) in [5.41, 5.74) is 5.50. The van der Waals surface area contributed by atoms with E-state index >= 15 is 0 Å². The van der Waals surface area contributed by atoms with E-state index in [1.54, 1.807) is 0 Å². The van der Waals surface area contributed by atoms with Crippen molar-refractivity contribution in [2.24, 2.45) is 0 Å². The van der Waals surface area contributed by atoms with Gasteiger partial charge in [0.1, 0.15) is 0 Å². The number of hydrogen-bond donors (Lipinski definition) is 1. The third-order valence-corrected chi connectivity index (χ3v) is 5.52. The quantitative estimate of drug-likeness (QED) is 0.736. The van der Waals surface area contributed by atoms with Gasteiger partial charge in [-0.05, 0) is 48.1 Å². The summed E-state index contributed by atoms with van der Waals surface area (Å²) < 4.78 is 0. The minimum Gasteiger partial charge on any atom is -0.338 e. The molecule has 4 heteroatoms. The van der Waals surface area contributed by atoms with Gasteiger partial charge in [-0.2, -0.15) is 5.10 Å². The van der Waals surface area contributed by atoms with Gasteiger partial charge in [0.2, 0.25) is 0 Å². The Bertz CT molecular complexity index is 903. The molecule has 0 bridgehead atoms. The fourth-order valence-corrected chi connectivity index (χ4v) is 4.04. The third kappa shape index (κ3) is 3.65. The van der Waals surface area contributed by atoms with Crippen LogP contribution >= 0.6 is 0 Å². The van der Waals surface area contributed by atoms with Gasteiger partial charge in [0.15, 0.2) is 0 Å². The molecule has 1 aliphatic heterocycles. The number of likely N-dealkylation sites (tertiary alicyclic amines) is 1. The third-order valence-electron chi connectivity index (χ3n) is 5.52. The number of rotatable bonds is 4. The summed E-state index contributed by atoms with van der Waals surface area (Å²) in [4.78, 5) is 15.2. The van der Waals surface area contributed by atoms with Crippen LogP contribution < -0.4 is 0 Å². The number of H-pyrrole nitrogens is 1. The van der Waals surface area contributed by atoms with E-state index in [0.717, 1.165) is 49.0 Å². The number of carbonyl (C=O) groups excluding carboxylic acids is 1. The summed E-state index contributed by atoms with van der Waals surface area (Å²) in [5, 5.41) is 6.91. The monoisotopic (exact) mass is 359 g/mol. The molecule has 1 N–H and O–H groups in total. The van der Waals surface area contributed by atoms with Gasteiger partial charge in [0.25, 0.3) is 5.91 Å². The number of piperidine rings is 1. The maximum absolute atomic E-state index is 13.1. The second-order valence-electron chi connectivity index (χ2n) is 7.21. The van der Waals surface area contributed by atoms with Crippen molar-refractivity contribution >= 4 is 5.91 Å². The maximum atomic E-state index is 13.1. The SMILES string of the molecule is CCc1cc(C(=O)N2CCCC(c3ccccc3)C2)ccc1-c1cn[nH]c1. The first-order valence-electron chi connectivity index (χ1n) is 9.72. The van der Waals surface area contributed by atoms with Gasteiger partial charge in [-0.1, -0.05) is 43.3 Å². The first kappa shape index (κ1) is 17.5. The van der Waals surface area contributed by atoms with E-state index in [9.17, 15) is 4.79 Å². The van der Waals surface area contributed by atoms with Crippen LogP contribution in [0.15, 0.2) is 60.9 Å². The lowest BCUT2D eigenvalue weighted by Crippen LogP contribution is -2.39. The number of amides is 1. The van der Waals surface area contributed by atoms with Crippen LogP contribution in [0.25, 0.3) is 11.1 Å². The molecule has 1 unspecified atom stereocenters. The molecule has 1 fully saturated rings. The van der Waals surface area contributed by atoms with E-state index in [-0.39, 0.29) is 5.91 Å². The number of nitrogens with zero attached hydrogens (tertiary/aromatic N) is 2. The highest BCUT2D eigenvalue weighted by Gasteiger charge is 2.25. The molecular formula is C23H25N3O. The molecule has 0 radical (unpaired) electrons. The predicted molar refractivity (Wildman–Crippen MR) is 108 cm³/mol. The van der Waals surface area contributed by atoms with E-state index in [4.69, 9.17) is 0 Å². The summed E-state index contributed by atoms with van der Waals surface area (Å²) in [5.74, 6) is 0.573. The molecule has 0 aliphatic carbocycles. The van der Waals surface area contributed by atoms with Crippen LogP contribution in [0.2, 0.25) is 0 Å². The van der Waals surface area contributed by atoms with Crippen LogP contribution in [0.3, 0.4) is 0 Å². The van der Waals surface area contributed by atoms with Crippen molar-refractivity contribution in [3.63, 3.8) is 0 Å². The number of benzene rings is 2. The molecule has 3 aromatic rings. The van der Waals surface area contributed by atoms with Crippen molar-refractivity contribution in [2.75, 3.05) is 13.1 Å². The molecule has 1 aliphatic rings. The number of aromatic nitrogens is 2. The lowest BCUT2D eigenvalue weighted by atomic mass is 9.90. The Kier molecular flexibility index (Phi) is 5.05. The Labute approximate surface area is 160 Å². The molecule has 27 heavy (non-hydrogen) atoms. The minimum absolute atomic E-state index is 0.143. The summed E-state index contributed by atoms with van der Waals surface area (Å²) >= 11 is 0. The van der Waals surface area contributed by atoms with Crippen LogP contribution in [0.1, 0.15) is 47.2 Å². The molecule has 4 nitrogen and oxygen atoms in total. The Hall–Kier alpha value is -2.88. The van der Waals surface area contributed by atoms with Gasteiger partial charge in [-0.25, -0.2) is 0 Å². The number of nitrogens with one attached hydrogen (secondary N) is 1. The smallest absolute Gasteiger partial charge is 0.253 e. The van der Waals surface area contributed by atoms with Gasteiger partial charge in [0, 0.05) is 36.3 Å². The van der Waals surface area contributed by atoms with Crippen molar-refractivity contribution < 1.29 is 4.79 Å². The zero-order valence-corrected chi connectivity index (χ0v) is 15.7. The highest BCUT2D eigenvalue weighted by Crippen LogP contribution is 2.29. The molecular weight excluding hydrogens is 334 g/mol. The second kappa shape index (κ2) is 7.78. The molecule has 4 rings (SSSR count). The summed E-state index contributed by atoms with van der Waals surface area (Å²) in [7, 11) is 0. The van der Waals surface area contributed by atoms with Crippen molar-refractivity contribution in [1.29, 1.82) is 0 Å². The normalized spacial score (nSPS) is 17.1. The number of hydrogen-bond acceptors (Lipinski definition) is 2. The van der Waals surface area contributed by atoms with Crippen LogP contribution in [0.5, 0.6) is 0 Å². The Morgan fingerprint density at radius 3 is 2.81 bits per heavy atom. The lowest BCUT2D eigenvalue weighted by molar-refractivity contribution is 0.0707. The first-order chi connectivity index (χ1) is 13.3. The highest BCUT2D eigenvalue weighted by molar-refractivity contribution is 5.95. The average Bonchev–Trinajstić information content (AvgIpc) is 3.28. The fourth-order valence-electron chi connectivity index (χ4n) is 4.04. The summed E-state index contributed by atoms with van der Waals surface area (Å²) in [6.45, 7) is 3.76. The van der Waals surface area contributed by atoms with Crippen LogP contribution in [0.4, 0.5) is 0 Å². The Morgan fingerprint density at radius 2 is 2.07 bits per heavy atom. The largest absolute Gasteiger partial charge is 0.338 e. The zero-order valence-electron chi connectivity index (χ0n) is 15.7. The minimum atomic E-state index is 0.143. The van der Waals surface area contributed by atoms with Gasteiger partial charge >= 0.3 is 0 Å². The second-order valence-corrected chi connectivity index (χ2v) is 7.21. The Morgan fingerprint density at radius 1 is 1.22 bits per heavy atom. The number of aryl methyl sites for hydroxylation is 1. The highest BCUT2D eigenvalue weighted by atomic mass is 16.2. The van der Waals surface area contributed by atoms with E-state index in [0.29, 0.717) is 5.92 Å². The first-order valence-corrected chi connectivity index (χ1v) is 9.72. The van der Waals surface area contributed by atoms with Crippen LogP contribution in [0, 0.1) is 0 Å². The van der Waals surface area contributed by atoms with Crippen LogP contribution in [-0.4, -0.2) is 34.1 Å². The molecule has 1 saturated heterocycles. The predicted octanol–water partition coefficient (Wildman–Crippen LogP) is 4.66. The van der Waals surface area contributed by atoms with Gasteiger partial charge in [-0.15, -0.1) is 0 Å². The van der Waals surface area contributed by atoms with Gasteiger partial charge < -0.3 is 4.90 Å². The Balaban J connectivity index is 1.55. The molecule has 1 aromatic heterocycles. The summed E-state index contributed by atoms with van der Waals surface area (Å²) in [6.07, 6.45) is 6.80. The van der Waals surface area contributed by atoms with E-state index in [1.807, 2.05) is 29.4 Å². The van der Waals surface area contributed by atoms with Crippen LogP contribution in [-0.2, 0) is 6.42 Å². The van der Waals surface area contributed by atoms with E-state index in [2.05, 4.69) is 53.5 Å². The average molecular weight is 359 g/mol. The topological polar surface area (TPSA) is 49.0 Å². The molecule has 2 aromatic carbocycles. The van der Waals surface area contributed by atoms with Gasteiger partial charge in [-0.3, -0.25) is 9.89 Å². The van der Waals surface area contributed by atoms with Crippen molar-refractivity contribution in [3.8, 4) is 11.1 Å². The standard InChI is InChI=1S/C23H25N3O/c1-2-17-13-19(10-11-22(17)21-14-24-25-15-21)23(27)26-12-6-9-20(16-26)18-7-4-3-5-8-18/h3-5,7-8,10-11,13-15,20H,2,6,9,12,16H2,1H3,(H,24,25).